The molecular formula is C17H27NO2. The number of nitrogens with one attached hydrogen (secondary N) is 1. The summed E-state index contributed by atoms with van der Waals surface area (Å²) >= 11 is 0. The van der Waals surface area contributed by atoms with Gasteiger partial charge in [-0.3, -0.25) is 0 Å². The molecule has 1 aromatic rings. The van der Waals surface area contributed by atoms with Crippen LogP contribution < -0.4 is 5.32 Å². The lowest BCUT2D eigenvalue weighted by molar-refractivity contribution is -0.0138. The van der Waals surface area contributed by atoms with Gasteiger partial charge < -0.3 is 15.5 Å². The Bertz CT molecular complexity index is 418. The average molecular weight is 277 g/mol. The molecule has 0 aromatic heterocycles. The third kappa shape index (κ3) is 3.97. The smallest absolute Gasteiger partial charge is 0.115 e. The van der Waals surface area contributed by atoms with Crippen LogP contribution in [0, 0.1) is 5.92 Å². The second-order valence-electron chi connectivity index (χ2n) is 6.36. The van der Waals surface area contributed by atoms with Crippen molar-refractivity contribution in [2.75, 3.05) is 6.54 Å². The summed E-state index contributed by atoms with van der Waals surface area (Å²) in [5.74, 6) is 0.910. The highest BCUT2D eigenvalue weighted by Gasteiger charge is 2.32. The number of phenolic OH excluding ortho intramolecular Hbond substituents is 1. The van der Waals surface area contributed by atoms with Crippen molar-refractivity contribution < 1.29 is 10.2 Å². The SMILES string of the molecule is CCC(NCC1(O)CCCC(C)C1)c1ccc(O)cc1. The number of hydrogen-bond donors (Lipinski definition) is 3. The fraction of sp³-hybridized carbons (Fsp3) is 0.647. The second-order valence-corrected chi connectivity index (χ2v) is 6.36. The number of phenols is 1. The maximum absolute atomic E-state index is 10.7. The van der Waals surface area contributed by atoms with E-state index in [0.29, 0.717) is 18.2 Å². The van der Waals surface area contributed by atoms with Crippen molar-refractivity contribution in [2.24, 2.45) is 5.92 Å². The van der Waals surface area contributed by atoms with Gasteiger partial charge in [0.2, 0.25) is 0 Å². The Morgan fingerprint density at radius 3 is 2.65 bits per heavy atom. The van der Waals surface area contributed by atoms with E-state index in [2.05, 4.69) is 19.2 Å². The lowest BCUT2D eigenvalue weighted by Gasteiger charge is -2.37. The van der Waals surface area contributed by atoms with E-state index < -0.39 is 5.60 Å². The van der Waals surface area contributed by atoms with E-state index in [1.807, 2.05) is 12.1 Å². The molecule has 20 heavy (non-hydrogen) atoms. The predicted octanol–water partition coefficient (Wildman–Crippen LogP) is 3.37. The standard InChI is InChI=1S/C17H27NO2/c1-3-16(14-6-8-15(19)9-7-14)18-12-17(20)10-4-5-13(2)11-17/h6-9,13,16,18-20H,3-5,10-12H2,1-2H3. The lowest BCUT2D eigenvalue weighted by Crippen LogP contribution is -2.45. The maximum Gasteiger partial charge on any atom is 0.115 e. The number of rotatable bonds is 5. The minimum absolute atomic E-state index is 0.233. The van der Waals surface area contributed by atoms with Gasteiger partial charge in [0.05, 0.1) is 5.60 Å². The van der Waals surface area contributed by atoms with Crippen LogP contribution in [0.5, 0.6) is 5.75 Å². The summed E-state index contributed by atoms with van der Waals surface area (Å²) in [5.41, 5.74) is 0.611. The summed E-state index contributed by atoms with van der Waals surface area (Å²) in [5, 5.41) is 23.5. The quantitative estimate of drug-likeness (QED) is 0.773. The highest BCUT2D eigenvalue weighted by Crippen LogP contribution is 2.32. The van der Waals surface area contributed by atoms with Crippen molar-refractivity contribution in [3.05, 3.63) is 29.8 Å². The van der Waals surface area contributed by atoms with Crippen molar-refractivity contribution in [2.45, 2.75) is 57.6 Å². The number of benzene rings is 1. The Morgan fingerprint density at radius 2 is 2.05 bits per heavy atom. The van der Waals surface area contributed by atoms with E-state index in [1.54, 1.807) is 12.1 Å². The van der Waals surface area contributed by atoms with Crippen molar-refractivity contribution in [1.82, 2.24) is 5.32 Å². The third-order valence-corrected chi connectivity index (χ3v) is 4.45. The molecule has 0 saturated heterocycles. The Kier molecular flexibility index (Phi) is 5.06. The van der Waals surface area contributed by atoms with Gasteiger partial charge in [-0.1, -0.05) is 38.8 Å². The van der Waals surface area contributed by atoms with Crippen molar-refractivity contribution in [3.8, 4) is 5.75 Å². The molecule has 0 heterocycles. The van der Waals surface area contributed by atoms with E-state index in [0.717, 1.165) is 31.2 Å². The molecule has 1 aromatic carbocycles. The first-order valence-electron chi connectivity index (χ1n) is 7.77. The van der Waals surface area contributed by atoms with E-state index in [4.69, 9.17) is 0 Å². The third-order valence-electron chi connectivity index (χ3n) is 4.45. The van der Waals surface area contributed by atoms with E-state index in [-0.39, 0.29) is 6.04 Å². The van der Waals surface area contributed by atoms with Crippen LogP contribution in [0.25, 0.3) is 0 Å². The van der Waals surface area contributed by atoms with Crippen LogP contribution >= 0.6 is 0 Å². The zero-order valence-corrected chi connectivity index (χ0v) is 12.6. The summed E-state index contributed by atoms with van der Waals surface area (Å²) in [4.78, 5) is 0. The van der Waals surface area contributed by atoms with Gasteiger partial charge >= 0.3 is 0 Å². The molecule has 0 spiro atoms. The fourth-order valence-corrected chi connectivity index (χ4v) is 3.31. The minimum atomic E-state index is -0.554. The Balaban J connectivity index is 1.95. The minimum Gasteiger partial charge on any atom is -0.508 e. The largest absolute Gasteiger partial charge is 0.508 e. The second kappa shape index (κ2) is 6.59. The molecule has 3 nitrogen and oxygen atoms in total. The molecule has 3 heteroatoms. The van der Waals surface area contributed by atoms with Gasteiger partial charge in [0.25, 0.3) is 0 Å². The molecule has 0 bridgehead atoms. The van der Waals surface area contributed by atoms with Gasteiger partial charge in [0.1, 0.15) is 5.75 Å². The highest BCUT2D eigenvalue weighted by atomic mass is 16.3. The van der Waals surface area contributed by atoms with E-state index >= 15 is 0 Å². The number of hydrogen-bond acceptors (Lipinski definition) is 3. The van der Waals surface area contributed by atoms with Crippen LogP contribution in [0.15, 0.2) is 24.3 Å². The fourth-order valence-electron chi connectivity index (χ4n) is 3.31. The molecule has 0 aliphatic heterocycles. The highest BCUT2D eigenvalue weighted by molar-refractivity contribution is 5.28. The molecule has 1 saturated carbocycles. The summed E-state index contributed by atoms with van der Waals surface area (Å²) in [6.07, 6.45) is 5.12. The lowest BCUT2D eigenvalue weighted by atomic mass is 9.79. The molecule has 1 aliphatic rings. The first-order valence-corrected chi connectivity index (χ1v) is 7.77. The van der Waals surface area contributed by atoms with Crippen LogP contribution in [0.3, 0.4) is 0 Å². The molecule has 0 amide bonds. The zero-order valence-electron chi connectivity index (χ0n) is 12.6. The molecule has 3 unspecified atom stereocenters. The molecule has 1 aliphatic carbocycles. The molecule has 3 N–H and O–H groups in total. The van der Waals surface area contributed by atoms with Crippen molar-refractivity contribution in [1.29, 1.82) is 0 Å². The van der Waals surface area contributed by atoms with Crippen LogP contribution in [-0.2, 0) is 0 Å². The van der Waals surface area contributed by atoms with Crippen molar-refractivity contribution >= 4 is 0 Å². The van der Waals surface area contributed by atoms with Crippen LogP contribution in [0.4, 0.5) is 0 Å². The first kappa shape index (κ1) is 15.3. The van der Waals surface area contributed by atoms with Gasteiger partial charge in [0, 0.05) is 12.6 Å². The van der Waals surface area contributed by atoms with Gasteiger partial charge in [-0.15, -0.1) is 0 Å². The summed E-state index contributed by atoms with van der Waals surface area (Å²) in [7, 11) is 0. The Morgan fingerprint density at radius 1 is 1.35 bits per heavy atom. The Labute approximate surface area is 122 Å². The molecule has 0 radical (unpaired) electrons. The van der Waals surface area contributed by atoms with E-state index in [1.165, 1.54) is 6.42 Å². The summed E-state index contributed by atoms with van der Waals surface area (Å²) in [6, 6.07) is 7.57. The average Bonchev–Trinajstić information content (AvgIpc) is 2.41. The number of aliphatic hydroxyl groups is 1. The van der Waals surface area contributed by atoms with Gasteiger partial charge in [-0.05, 0) is 42.9 Å². The van der Waals surface area contributed by atoms with Gasteiger partial charge in [0.15, 0.2) is 0 Å². The van der Waals surface area contributed by atoms with Gasteiger partial charge in [-0.25, -0.2) is 0 Å². The molecule has 1 fully saturated rings. The van der Waals surface area contributed by atoms with Crippen LogP contribution in [-0.4, -0.2) is 22.4 Å². The topological polar surface area (TPSA) is 52.5 Å². The summed E-state index contributed by atoms with van der Waals surface area (Å²) < 4.78 is 0. The maximum atomic E-state index is 10.7. The van der Waals surface area contributed by atoms with Crippen LogP contribution in [0.1, 0.15) is 57.6 Å². The molecule has 112 valence electrons. The van der Waals surface area contributed by atoms with Gasteiger partial charge in [-0.2, -0.15) is 0 Å². The molecule has 3 atom stereocenters. The monoisotopic (exact) mass is 277 g/mol. The zero-order chi connectivity index (χ0) is 14.6. The molecular weight excluding hydrogens is 250 g/mol. The van der Waals surface area contributed by atoms with Crippen molar-refractivity contribution in [3.63, 3.8) is 0 Å². The number of aromatic hydroxyl groups is 1. The van der Waals surface area contributed by atoms with E-state index in [9.17, 15) is 10.2 Å². The molecule has 2 rings (SSSR count). The van der Waals surface area contributed by atoms with Crippen LogP contribution in [0.2, 0.25) is 0 Å². The predicted molar refractivity (Wildman–Crippen MR) is 81.7 cm³/mol. The first-order chi connectivity index (χ1) is 9.52. The normalized spacial score (nSPS) is 28.2. The Hall–Kier alpha value is -1.06. The summed E-state index contributed by atoms with van der Waals surface area (Å²) in [6.45, 7) is 5.01.